The maximum atomic E-state index is 14.1. The number of thiol groups is 1. The molecule has 0 rings (SSSR count). The van der Waals surface area contributed by atoms with E-state index in [4.69, 9.17) is 14.2 Å². The number of carboxylic acids is 8. The molecule has 0 spiro atoms. The SMILES string of the molecule is COCCOCCC(=O)N[C@H](CS)C(=O)N[C@H](CCC(=O)O)C(=O)N[C@H](CCC(=O)O)C(=O)N[C@H](CCC(=O)O)C(=O)N[C@H](CCC(=O)O)C(=O)N[C@H](CCC(=O)O)C(=O)N[C@H](CCC(=O)O)C(=O)N[C@H](CCC(=O)O)C(=O)N[C@H](CCC(=O)O)C(=O)NCCOCC(C)(C)C. The summed E-state index contributed by atoms with van der Waals surface area (Å²) in [4.78, 5) is 231. The summed E-state index contributed by atoms with van der Waals surface area (Å²) in [5.41, 5.74) is -0.252. The minimum atomic E-state index is -2.12. The van der Waals surface area contributed by atoms with Gasteiger partial charge >= 0.3 is 47.8 Å². The Kier molecular flexibility index (Phi) is 42.2. The second kappa shape index (κ2) is 46.7. The van der Waals surface area contributed by atoms with E-state index in [0.29, 0.717) is 0 Å². The van der Waals surface area contributed by atoms with Crippen LogP contribution in [0.1, 0.15) is 130 Å². The lowest BCUT2D eigenvalue weighted by molar-refractivity contribution is -0.141. The van der Waals surface area contributed by atoms with Gasteiger partial charge in [0.1, 0.15) is 54.4 Å². The van der Waals surface area contributed by atoms with E-state index in [1.165, 1.54) is 7.11 Å². The Labute approximate surface area is 554 Å². The van der Waals surface area contributed by atoms with E-state index in [1.807, 2.05) is 20.8 Å². The molecule has 10 amide bonds. The van der Waals surface area contributed by atoms with Crippen molar-refractivity contribution in [2.24, 2.45) is 5.41 Å². The molecule has 0 aromatic carbocycles. The summed E-state index contributed by atoms with van der Waals surface area (Å²) in [5.74, 6) is -25.3. The highest BCUT2D eigenvalue weighted by atomic mass is 32.1. The topological polar surface area (TPSA) is 617 Å². The van der Waals surface area contributed by atoms with Crippen LogP contribution in [0.4, 0.5) is 0 Å². The number of carbonyl (C=O) groups is 18. The van der Waals surface area contributed by atoms with E-state index in [-0.39, 0.29) is 57.2 Å². The summed E-state index contributed by atoms with van der Waals surface area (Å²) >= 11 is 4.06. The predicted molar refractivity (Wildman–Crippen MR) is 327 cm³/mol. The van der Waals surface area contributed by atoms with Gasteiger partial charge in [0, 0.05) is 77.2 Å². The quantitative estimate of drug-likeness (QED) is 0.0201. The number of carbonyl (C=O) groups excluding carboxylic acids is 10. The molecule has 0 saturated carbocycles. The van der Waals surface area contributed by atoms with Crippen LogP contribution >= 0.6 is 12.6 Å². The van der Waals surface area contributed by atoms with Crippen molar-refractivity contribution in [2.75, 3.05) is 52.4 Å². The molecular formula is C56H88N10O29S. The minimum absolute atomic E-state index is 0.00957. The first-order chi connectivity index (χ1) is 44.9. The van der Waals surface area contributed by atoms with Gasteiger partial charge in [-0.25, -0.2) is 0 Å². The maximum Gasteiger partial charge on any atom is 0.303 e. The first-order valence-corrected chi connectivity index (χ1v) is 30.5. The van der Waals surface area contributed by atoms with Gasteiger partial charge in [-0.05, 0) is 56.8 Å². The third-order valence-corrected chi connectivity index (χ3v) is 13.4. The van der Waals surface area contributed by atoms with Crippen molar-refractivity contribution in [2.45, 2.75) is 184 Å². The van der Waals surface area contributed by atoms with Crippen molar-refractivity contribution in [1.82, 2.24) is 53.2 Å². The fourth-order valence-electron chi connectivity index (χ4n) is 8.09. The molecule has 0 aromatic rings. The molecule has 542 valence electrons. The fourth-order valence-corrected chi connectivity index (χ4v) is 8.35. The number of nitrogens with one attached hydrogen (secondary N) is 10. The summed E-state index contributed by atoms with van der Waals surface area (Å²) < 4.78 is 15.6. The van der Waals surface area contributed by atoms with Crippen molar-refractivity contribution in [1.29, 1.82) is 0 Å². The molecule has 0 bridgehead atoms. The third kappa shape index (κ3) is 40.7. The van der Waals surface area contributed by atoms with E-state index in [1.54, 1.807) is 0 Å². The van der Waals surface area contributed by atoms with Crippen molar-refractivity contribution in [3.63, 3.8) is 0 Å². The number of aliphatic carboxylic acids is 8. The Morgan fingerprint density at radius 1 is 0.312 bits per heavy atom. The van der Waals surface area contributed by atoms with Crippen molar-refractivity contribution in [3.05, 3.63) is 0 Å². The third-order valence-electron chi connectivity index (χ3n) is 13.1. The Balaban J connectivity index is 7.17. The van der Waals surface area contributed by atoms with Crippen molar-refractivity contribution in [3.8, 4) is 0 Å². The zero-order chi connectivity index (χ0) is 73.3. The normalized spacial score (nSPS) is 13.8. The molecule has 0 aliphatic carbocycles. The first-order valence-electron chi connectivity index (χ1n) is 29.9. The first kappa shape index (κ1) is 86.7. The summed E-state index contributed by atoms with van der Waals surface area (Å²) in [6.45, 7) is 6.05. The van der Waals surface area contributed by atoms with Crippen LogP contribution in [0.2, 0.25) is 0 Å². The smallest absolute Gasteiger partial charge is 0.303 e. The number of hydrogen-bond acceptors (Lipinski definition) is 22. The lowest BCUT2D eigenvalue weighted by atomic mass is 9.99. The highest BCUT2D eigenvalue weighted by Crippen LogP contribution is 2.14. The van der Waals surface area contributed by atoms with Crippen LogP contribution in [0.5, 0.6) is 0 Å². The van der Waals surface area contributed by atoms with Crippen LogP contribution in [-0.4, -0.2) is 254 Å². The number of hydrogen-bond donors (Lipinski definition) is 19. The van der Waals surface area contributed by atoms with Crippen LogP contribution in [-0.2, 0) is 101 Å². The molecule has 0 aliphatic heterocycles. The van der Waals surface area contributed by atoms with Crippen LogP contribution in [0.25, 0.3) is 0 Å². The molecule has 0 aromatic heterocycles. The summed E-state index contributed by atoms with van der Waals surface area (Å²) in [6.07, 6.45) is -13.6. The lowest BCUT2D eigenvalue weighted by Crippen LogP contribution is -2.60. The van der Waals surface area contributed by atoms with Gasteiger partial charge in [0.15, 0.2) is 0 Å². The molecular weight excluding hydrogens is 1310 g/mol. The summed E-state index contributed by atoms with van der Waals surface area (Å²) in [5, 5.41) is 98.2. The number of carboxylic acid groups (broad SMARTS) is 8. The highest BCUT2D eigenvalue weighted by Gasteiger charge is 2.37. The molecule has 18 N–H and O–H groups in total. The molecule has 0 fully saturated rings. The standard InChI is InChI=1S/C56H88N10O29S/c1-56(2,3)28-95-24-22-57-47(84)29(5-13-39(68)69)59-48(85)30(6-14-40(70)71)60-49(86)31(7-15-41(72)73)61-50(87)32(8-16-42(74)75)62-51(88)33(9-17-43(76)77)63-52(89)34(10-18-44(78)79)64-53(90)35(11-19-45(80)81)65-54(91)36(12-20-46(82)83)66-55(92)37(27-96)58-38(67)21-23-94-26-25-93-4/h29-37,96H,5-28H2,1-4H3,(H,57,84)(H,58,67)(H,59,85)(H,60,86)(H,61,87)(H,62,88)(H,63,89)(H,64,90)(H,65,91)(H,66,92)(H,68,69)(H,70,71)(H,72,73)(H,74,75)(H,76,77)(H,78,79)(H,80,81)(H,82,83)/t29-,30-,31-,32-,33-,34-,35-,36-,37-/m1/s1. The van der Waals surface area contributed by atoms with Gasteiger partial charge in [-0.15, -0.1) is 0 Å². The van der Waals surface area contributed by atoms with Gasteiger partial charge in [0.2, 0.25) is 59.1 Å². The monoisotopic (exact) mass is 1400 g/mol. The second-order valence-electron chi connectivity index (χ2n) is 22.5. The zero-order valence-corrected chi connectivity index (χ0v) is 54.2. The Morgan fingerprint density at radius 3 is 0.771 bits per heavy atom. The minimum Gasteiger partial charge on any atom is -0.481 e. The Hall–Kier alpha value is -9.31. The molecule has 9 atom stereocenters. The number of amides is 10. The second-order valence-corrected chi connectivity index (χ2v) is 22.9. The average Bonchev–Trinajstić information content (AvgIpc) is 0.886. The van der Waals surface area contributed by atoms with E-state index >= 15 is 0 Å². The largest absolute Gasteiger partial charge is 0.481 e. The number of rotatable bonds is 53. The van der Waals surface area contributed by atoms with E-state index in [2.05, 4.69) is 65.8 Å². The van der Waals surface area contributed by atoms with Gasteiger partial charge < -0.3 is 108 Å². The summed E-state index contributed by atoms with van der Waals surface area (Å²) in [6, 6.07) is -17.2. The Morgan fingerprint density at radius 2 is 0.552 bits per heavy atom. The lowest BCUT2D eigenvalue weighted by Gasteiger charge is -2.28. The Bertz CT molecular complexity index is 2710. The predicted octanol–water partition coefficient (Wildman–Crippen LogP) is -4.57. The molecule has 0 saturated heterocycles. The molecule has 96 heavy (non-hydrogen) atoms. The molecule has 39 nitrogen and oxygen atoms in total. The fraction of sp³-hybridized carbons (Fsp3) is 0.679. The molecule has 0 unspecified atom stereocenters. The van der Waals surface area contributed by atoms with Crippen molar-refractivity contribution < 1.29 is 141 Å². The molecule has 0 radical (unpaired) electrons. The van der Waals surface area contributed by atoms with Crippen molar-refractivity contribution >= 4 is 119 Å². The molecule has 0 aliphatic rings. The van der Waals surface area contributed by atoms with Crippen LogP contribution in [0, 0.1) is 5.41 Å². The van der Waals surface area contributed by atoms with Crippen LogP contribution < -0.4 is 53.2 Å². The average molecular weight is 1400 g/mol. The van der Waals surface area contributed by atoms with E-state index in [9.17, 15) is 127 Å². The van der Waals surface area contributed by atoms with Gasteiger partial charge in [0.25, 0.3) is 0 Å². The zero-order valence-electron chi connectivity index (χ0n) is 53.3. The van der Waals surface area contributed by atoms with E-state index in [0.717, 1.165) is 0 Å². The molecule has 0 heterocycles. The maximum absolute atomic E-state index is 14.1. The number of ether oxygens (including phenoxy) is 3. The molecule has 40 heteroatoms. The van der Waals surface area contributed by atoms with Gasteiger partial charge in [0.05, 0.1) is 33.0 Å². The summed E-state index contributed by atoms with van der Waals surface area (Å²) in [7, 11) is 1.42. The number of methoxy groups -OCH3 is 1. The highest BCUT2D eigenvalue weighted by molar-refractivity contribution is 7.80. The van der Waals surface area contributed by atoms with E-state index < -0.39 is 264 Å². The van der Waals surface area contributed by atoms with Gasteiger partial charge in [-0.2, -0.15) is 12.6 Å². The van der Waals surface area contributed by atoms with Crippen LogP contribution in [0.3, 0.4) is 0 Å². The van der Waals surface area contributed by atoms with Gasteiger partial charge in [-0.3, -0.25) is 86.3 Å². The van der Waals surface area contributed by atoms with Gasteiger partial charge in [-0.1, -0.05) is 20.8 Å². The van der Waals surface area contributed by atoms with Crippen LogP contribution in [0.15, 0.2) is 0 Å².